The highest BCUT2D eigenvalue weighted by Gasteiger charge is 2.29. The highest BCUT2D eigenvalue weighted by atomic mass is 35.5. The molecule has 0 bridgehead atoms. The van der Waals surface area contributed by atoms with E-state index in [-0.39, 0.29) is 0 Å². The second kappa shape index (κ2) is 13.1. The minimum atomic E-state index is -2.03. The standard InChI is InChI=1S/C30H30ClN3O6S/c1-18-6-9-24(34-13-12-32-17-34)16-26(18)28(27-19(2)14-22(15-20(27)3)30(36)38-5)39-29(35)21(4)33-41(37)40-25-10-7-23(31)8-11-25/h6-17,21,28,33H,1-5H3. The molecule has 0 spiro atoms. The molecule has 3 atom stereocenters. The van der Waals surface area contributed by atoms with Gasteiger partial charge in [-0.15, -0.1) is 0 Å². The number of aryl methyl sites for hydroxylation is 3. The lowest BCUT2D eigenvalue weighted by Crippen LogP contribution is -2.39. The zero-order chi connectivity index (χ0) is 29.7. The van der Waals surface area contributed by atoms with Crippen molar-refractivity contribution in [3.8, 4) is 11.4 Å². The van der Waals surface area contributed by atoms with E-state index >= 15 is 0 Å². The molecule has 214 valence electrons. The Kier molecular flexibility index (Phi) is 9.59. The maximum atomic E-state index is 13.4. The molecule has 0 amide bonds. The lowest BCUT2D eigenvalue weighted by Gasteiger charge is -2.26. The Morgan fingerprint density at radius 3 is 2.29 bits per heavy atom. The van der Waals surface area contributed by atoms with Crippen LogP contribution >= 0.6 is 11.6 Å². The number of imidazole rings is 1. The summed E-state index contributed by atoms with van der Waals surface area (Å²) in [5.74, 6) is -0.788. The Hall–Kier alpha value is -3.99. The van der Waals surface area contributed by atoms with Crippen LogP contribution in [0, 0.1) is 20.8 Å². The highest BCUT2D eigenvalue weighted by molar-refractivity contribution is 7.78. The van der Waals surface area contributed by atoms with Gasteiger partial charge in [-0.05, 0) is 92.9 Å². The number of rotatable bonds is 10. The Morgan fingerprint density at radius 1 is 1.00 bits per heavy atom. The van der Waals surface area contributed by atoms with Crippen molar-refractivity contribution in [3.63, 3.8) is 0 Å². The summed E-state index contributed by atoms with van der Waals surface area (Å²) < 4.78 is 33.5. The first-order valence-corrected chi connectivity index (χ1v) is 14.1. The van der Waals surface area contributed by atoms with Crippen LogP contribution in [0.1, 0.15) is 51.2 Å². The number of halogens is 1. The predicted octanol–water partition coefficient (Wildman–Crippen LogP) is 5.51. The number of aromatic nitrogens is 2. The van der Waals surface area contributed by atoms with Crippen molar-refractivity contribution in [1.82, 2.24) is 14.3 Å². The summed E-state index contributed by atoms with van der Waals surface area (Å²) in [6, 6.07) is 14.6. The molecule has 4 rings (SSSR count). The smallest absolute Gasteiger partial charge is 0.337 e. The number of nitrogens with one attached hydrogen (secondary N) is 1. The molecule has 4 aromatic rings. The van der Waals surface area contributed by atoms with Gasteiger partial charge in [-0.2, -0.15) is 8.93 Å². The molecule has 11 heteroatoms. The second-order valence-corrected chi connectivity index (χ2v) is 10.8. The van der Waals surface area contributed by atoms with Crippen LogP contribution in [0.4, 0.5) is 0 Å². The van der Waals surface area contributed by atoms with Crippen molar-refractivity contribution in [2.24, 2.45) is 0 Å². The van der Waals surface area contributed by atoms with Crippen molar-refractivity contribution >= 4 is 34.8 Å². The van der Waals surface area contributed by atoms with Crippen LogP contribution in [0.3, 0.4) is 0 Å². The zero-order valence-electron chi connectivity index (χ0n) is 23.2. The number of carbonyl (C=O) groups is 2. The molecule has 0 saturated heterocycles. The third-order valence-corrected chi connectivity index (χ3v) is 7.61. The normalized spacial score (nSPS) is 13.2. The molecule has 9 nitrogen and oxygen atoms in total. The summed E-state index contributed by atoms with van der Waals surface area (Å²) >= 11 is 3.86. The maximum absolute atomic E-state index is 13.4. The molecule has 3 aromatic carbocycles. The summed E-state index contributed by atoms with van der Waals surface area (Å²) in [5, 5.41) is 0.511. The Bertz CT molecular complexity index is 1550. The predicted molar refractivity (Wildman–Crippen MR) is 156 cm³/mol. The lowest BCUT2D eigenvalue weighted by atomic mass is 9.89. The third kappa shape index (κ3) is 7.21. The molecule has 0 radical (unpaired) electrons. The quantitative estimate of drug-likeness (QED) is 0.241. The molecule has 1 N–H and O–H groups in total. The van der Waals surface area contributed by atoms with E-state index in [1.807, 2.05) is 49.7 Å². The highest BCUT2D eigenvalue weighted by Crippen LogP contribution is 2.35. The van der Waals surface area contributed by atoms with Crippen LogP contribution in [0.2, 0.25) is 5.02 Å². The van der Waals surface area contributed by atoms with Gasteiger partial charge in [-0.3, -0.25) is 4.79 Å². The van der Waals surface area contributed by atoms with Crippen molar-refractivity contribution in [3.05, 3.63) is 112 Å². The van der Waals surface area contributed by atoms with Crippen LogP contribution in [0.5, 0.6) is 5.75 Å². The zero-order valence-corrected chi connectivity index (χ0v) is 24.8. The molecule has 0 aliphatic heterocycles. The van der Waals surface area contributed by atoms with Gasteiger partial charge in [-0.25, -0.2) is 9.78 Å². The molecule has 0 aliphatic rings. The van der Waals surface area contributed by atoms with Gasteiger partial charge in [0.2, 0.25) is 0 Å². The largest absolute Gasteiger partial charge is 0.465 e. The fourth-order valence-electron chi connectivity index (χ4n) is 4.40. The Balaban J connectivity index is 1.67. The number of nitrogens with zero attached hydrogens (tertiary/aromatic N) is 2. The fourth-order valence-corrected chi connectivity index (χ4v) is 5.24. The molecule has 3 unspecified atom stereocenters. The van der Waals surface area contributed by atoms with E-state index in [9.17, 15) is 13.8 Å². The van der Waals surface area contributed by atoms with Crippen molar-refractivity contribution in [1.29, 1.82) is 0 Å². The maximum Gasteiger partial charge on any atom is 0.337 e. The monoisotopic (exact) mass is 595 g/mol. The number of hydrogen-bond donors (Lipinski definition) is 1. The summed E-state index contributed by atoms with van der Waals surface area (Å²) in [4.78, 5) is 29.8. The molecule has 1 aromatic heterocycles. The van der Waals surface area contributed by atoms with E-state index in [1.165, 1.54) is 14.0 Å². The summed E-state index contributed by atoms with van der Waals surface area (Å²) in [6.45, 7) is 7.16. The van der Waals surface area contributed by atoms with Gasteiger partial charge in [0.25, 0.3) is 11.3 Å². The minimum Gasteiger partial charge on any atom is -0.465 e. The van der Waals surface area contributed by atoms with Crippen LogP contribution in [0.15, 0.2) is 73.3 Å². The first kappa shape index (κ1) is 30.0. The van der Waals surface area contributed by atoms with Gasteiger partial charge in [0.05, 0.1) is 19.0 Å². The molecule has 41 heavy (non-hydrogen) atoms. The van der Waals surface area contributed by atoms with E-state index in [0.29, 0.717) is 16.3 Å². The van der Waals surface area contributed by atoms with Gasteiger partial charge in [0.1, 0.15) is 11.8 Å². The van der Waals surface area contributed by atoms with Gasteiger partial charge in [-0.1, -0.05) is 17.7 Å². The van der Waals surface area contributed by atoms with Crippen molar-refractivity contribution in [2.45, 2.75) is 39.8 Å². The lowest BCUT2D eigenvalue weighted by molar-refractivity contribution is -0.149. The minimum absolute atomic E-state index is 0.322. The SMILES string of the molecule is COC(=O)c1cc(C)c(C(OC(=O)C(C)NS(=O)Oc2ccc(Cl)cc2)c2cc(-n3ccnc3)ccc2C)c(C)c1. The summed E-state index contributed by atoms with van der Waals surface area (Å²) in [6.07, 6.45) is 4.34. The number of methoxy groups -OCH3 is 1. The van der Waals surface area contributed by atoms with E-state index < -0.39 is 35.4 Å². The topological polar surface area (TPSA) is 109 Å². The van der Waals surface area contributed by atoms with Crippen LogP contribution in [-0.4, -0.2) is 38.9 Å². The van der Waals surface area contributed by atoms with E-state index in [1.54, 1.807) is 48.9 Å². The second-order valence-electron chi connectivity index (χ2n) is 9.45. The molecule has 0 aliphatic carbocycles. The van der Waals surface area contributed by atoms with Crippen LogP contribution < -0.4 is 8.91 Å². The number of carbonyl (C=O) groups excluding carboxylic acids is 2. The van der Waals surface area contributed by atoms with Crippen molar-refractivity contribution in [2.75, 3.05) is 7.11 Å². The number of esters is 2. The number of hydrogen-bond acceptors (Lipinski definition) is 7. The van der Waals surface area contributed by atoms with Gasteiger partial charge < -0.3 is 18.2 Å². The van der Waals surface area contributed by atoms with Gasteiger partial charge in [0, 0.05) is 34.2 Å². The molecule has 0 saturated carbocycles. The fraction of sp³-hybridized carbons (Fsp3) is 0.233. The average Bonchev–Trinajstić information content (AvgIpc) is 3.48. The van der Waals surface area contributed by atoms with Gasteiger partial charge in [0.15, 0.2) is 6.10 Å². The van der Waals surface area contributed by atoms with Crippen LogP contribution in [0.25, 0.3) is 5.69 Å². The average molecular weight is 596 g/mol. The Labute approximate surface area is 246 Å². The van der Waals surface area contributed by atoms with Crippen LogP contribution in [-0.2, 0) is 25.5 Å². The summed E-state index contributed by atoms with van der Waals surface area (Å²) in [7, 11) is 1.32. The number of ether oxygens (including phenoxy) is 2. The molecule has 1 heterocycles. The summed E-state index contributed by atoms with van der Waals surface area (Å²) in [5.41, 5.74) is 5.06. The van der Waals surface area contributed by atoms with E-state index in [2.05, 4.69) is 9.71 Å². The number of benzene rings is 3. The van der Waals surface area contributed by atoms with E-state index in [4.69, 9.17) is 25.3 Å². The molecule has 0 fully saturated rings. The van der Waals surface area contributed by atoms with E-state index in [0.717, 1.165) is 33.5 Å². The molecular weight excluding hydrogens is 566 g/mol. The molecular formula is C30H30ClN3O6S. The first-order chi connectivity index (χ1) is 19.6. The van der Waals surface area contributed by atoms with Gasteiger partial charge >= 0.3 is 11.9 Å². The third-order valence-electron chi connectivity index (χ3n) is 6.47. The van der Waals surface area contributed by atoms with Crippen molar-refractivity contribution < 1.29 is 27.5 Å². The Morgan fingerprint density at radius 2 is 1.68 bits per heavy atom. The first-order valence-electron chi connectivity index (χ1n) is 12.7.